The maximum Gasteiger partial charge on any atom is 0.269 e. The summed E-state index contributed by atoms with van der Waals surface area (Å²) < 4.78 is 5.19. The molecule has 7 nitrogen and oxygen atoms in total. The number of carbonyl (C=O) groups is 2. The number of aromatic nitrogens is 2. The second-order valence-corrected chi connectivity index (χ2v) is 5.46. The van der Waals surface area contributed by atoms with Gasteiger partial charge in [-0.1, -0.05) is 0 Å². The Morgan fingerprint density at radius 1 is 1.43 bits per heavy atom. The fraction of sp³-hybridized carbons (Fsp3) is 0.312. The summed E-state index contributed by atoms with van der Waals surface area (Å²) in [5, 5.41) is 6.72. The Kier molecular flexibility index (Phi) is 4.27. The second kappa shape index (κ2) is 6.51. The molecule has 7 heteroatoms. The lowest BCUT2D eigenvalue weighted by atomic mass is 9.99. The third-order valence-corrected chi connectivity index (χ3v) is 3.93. The van der Waals surface area contributed by atoms with Crippen LogP contribution in [0.25, 0.3) is 6.08 Å². The molecule has 2 aromatic heterocycles. The fourth-order valence-electron chi connectivity index (χ4n) is 2.79. The Morgan fingerprint density at radius 3 is 3.00 bits per heavy atom. The zero-order valence-corrected chi connectivity index (χ0v) is 12.6. The molecule has 120 valence electrons. The molecule has 0 radical (unpaired) electrons. The first-order chi connectivity index (χ1) is 11.1. The molecule has 0 saturated carbocycles. The van der Waals surface area contributed by atoms with E-state index in [0.29, 0.717) is 12.3 Å². The van der Waals surface area contributed by atoms with E-state index >= 15 is 0 Å². The molecule has 1 aliphatic heterocycles. The average Bonchev–Trinajstić information content (AvgIpc) is 3.24. The predicted molar refractivity (Wildman–Crippen MR) is 83.2 cm³/mol. The van der Waals surface area contributed by atoms with Crippen molar-refractivity contribution in [3.05, 3.63) is 47.7 Å². The summed E-state index contributed by atoms with van der Waals surface area (Å²) in [4.78, 5) is 25.5. The molecule has 1 fully saturated rings. The van der Waals surface area contributed by atoms with E-state index in [1.165, 1.54) is 6.08 Å². The third-order valence-electron chi connectivity index (χ3n) is 3.93. The Bertz CT molecular complexity index is 718. The van der Waals surface area contributed by atoms with Crippen molar-refractivity contribution < 1.29 is 14.0 Å². The van der Waals surface area contributed by atoms with Crippen LogP contribution >= 0.6 is 0 Å². The van der Waals surface area contributed by atoms with Crippen molar-refractivity contribution in [1.29, 1.82) is 0 Å². The van der Waals surface area contributed by atoms with Crippen LogP contribution in [0.2, 0.25) is 0 Å². The lowest BCUT2D eigenvalue weighted by molar-refractivity contribution is -0.129. The van der Waals surface area contributed by atoms with Crippen molar-refractivity contribution in [3.63, 3.8) is 0 Å². The van der Waals surface area contributed by atoms with Crippen LogP contribution in [0.1, 0.15) is 47.2 Å². The number of hydrogen-bond acceptors (Lipinski definition) is 4. The van der Waals surface area contributed by atoms with Crippen LogP contribution in [-0.4, -0.2) is 33.5 Å². The van der Waals surface area contributed by atoms with Crippen molar-refractivity contribution in [1.82, 2.24) is 15.1 Å². The van der Waals surface area contributed by atoms with Gasteiger partial charge in [0.25, 0.3) is 5.91 Å². The van der Waals surface area contributed by atoms with E-state index in [2.05, 4.69) is 10.2 Å². The highest BCUT2D eigenvalue weighted by Gasteiger charge is 2.28. The Labute approximate surface area is 133 Å². The highest BCUT2D eigenvalue weighted by atomic mass is 16.3. The molecule has 2 aromatic rings. The number of likely N-dealkylation sites (tertiary alicyclic amines) is 1. The maximum absolute atomic E-state index is 12.5. The van der Waals surface area contributed by atoms with Gasteiger partial charge in [0, 0.05) is 12.6 Å². The maximum atomic E-state index is 12.5. The number of hydrogen-bond donors (Lipinski definition) is 2. The van der Waals surface area contributed by atoms with Crippen LogP contribution in [0.3, 0.4) is 0 Å². The number of piperidine rings is 1. The Hall–Kier alpha value is -2.83. The SMILES string of the molecule is NC(=O)c1cc([C@H]2CCCCN2C(=O)/C=C/c2ccco2)[nH]n1. The smallest absolute Gasteiger partial charge is 0.269 e. The number of nitrogens with one attached hydrogen (secondary N) is 1. The molecule has 3 heterocycles. The van der Waals surface area contributed by atoms with Crippen LogP contribution in [0.5, 0.6) is 0 Å². The van der Waals surface area contributed by atoms with Gasteiger partial charge in [-0.15, -0.1) is 0 Å². The quantitative estimate of drug-likeness (QED) is 0.840. The number of amides is 2. The molecule has 3 N–H and O–H groups in total. The molecule has 23 heavy (non-hydrogen) atoms. The number of aromatic amines is 1. The number of nitrogens with two attached hydrogens (primary N) is 1. The number of H-pyrrole nitrogens is 1. The molecule has 0 unspecified atom stereocenters. The Morgan fingerprint density at radius 2 is 2.30 bits per heavy atom. The zero-order chi connectivity index (χ0) is 16.2. The molecular formula is C16H18N4O3. The van der Waals surface area contributed by atoms with Gasteiger partial charge in [-0.25, -0.2) is 0 Å². The monoisotopic (exact) mass is 314 g/mol. The minimum absolute atomic E-state index is 0.0960. The van der Waals surface area contributed by atoms with Crippen molar-refractivity contribution in [3.8, 4) is 0 Å². The topological polar surface area (TPSA) is 105 Å². The Balaban J connectivity index is 1.77. The van der Waals surface area contributed by atoms with Gasteiger partial charge >= 0.3 is 0 Å². The van der Waals surface area contributed by atoms with Crippen molar-refractivity contribution in [2.75, 3.05) is 6.54 Å². The summed E-state index contributed by atoms with van der Waals surface area (Å²) in [7, 11) is 0. The number of rotatable bonds is 4. The molecule has 0 bridgehead atoms. The lowest BCUT2D eigenvalue weighted by Gasteiger charge is -2.34. The molecule has 0 aliphatic carbocycles. The van der Waals surface area contributed by atoms with E-state index < -0.39 is 5.91 Å². The van der Waals surface area contributed by atoms with Gasteiger partial charge in [0.1, 0.15) is 11.5 Å². The van der Waals surface area contributed by atoms with E-state index in [-0.39, 0.29) is 17.6 Å². The summed E-state index contributed by atoms with van der Waals surface area (Å²) in [5.41, 5.74) is 6.15. The first-order valence-corrected chi connectivity index (χ1v) is 7.52. The number of nitrogens with zero attached hydrogens (tertiary/aromatic N) is 2. The molecule has 0 aromatic carbocycles. The van der Waals surface area contributed by atoms with Crippen molar-refractivity contribution in [2.45, 2.75) is 25.3 Å². The van der Waals surface area contributed by atoms with Gasteiger partial charge in [-0.05, 0) is 43.5 Å². The third kappa shape index (κ3) is 3.33. The highest BCUT2D eigenvalue weighted by molar-refractivity contribution is 5.92. The first kappa shape index (κ1) is 15.1. The van der Waals surface area contributed by atoms with E-state index in [4.69, 9.17) is 10.2 Å². The second-order valence-electron chi connectivity index (χ2n) is 5.46. The molecule has 2 amide bonds. The largest absolute Gasteiger partial charge is 0.465 e. The van der Waals surface area contributed by atoms with Gasteiger partial charge in [0.05, 0.1) is 18.0 Å². The van der Waals surface area contributed by atoms with Crippen molar-refractivity contribution in [2.24, 2.45) is 5.73 Å². The summed E-state index contributed by atoms with van der Waals surface area (Å²) in [6, 6.07) is 5.04. The lowest BCUT2D eigenvalue weighted by Crippen LogP contribution is -2.37. The van der Waals surface area contributed by atoms with Crippen LogP contribution in [-0.2, 0) is 4.79 Å². The summed E-state index contributed by atoms with van der Waals surface area (Å²) in [5.74, 6) is -0.0512. The van der Waals surface area contributed by atoms with E-state index in [1.807, 2.05) is 0 Å². The molecule has 1 aliphatic rings. The van der Waals surface area contributed by atoms with Gasteiger partial charge in [0.15, 0.2) is 0 Å². The highest BCUT2D eigenvalue weighted by Crippen LogP contribution is 2.30. The minimum atomic E-state index is -0.584. The van der Waals surface area contributed by atoms with Crippen LogP contribution in [0.4, 0.5) is 0 Å². The molecular weight excluding hydrogens is 296 g/mol. The van der Waals surface area contributed by atoms with Crippen LogP contribution < -0.4 is 5.73 Å². The number of carbonyl (C=O) groups excluding carboxylic acids is 2. The van der Waals surface area contributed by atoms with Gasteiger partial charge in [-0.3, -0.25) is 14.7 Å². The molecule has 0 spiro atoms. The van der Waals surface area contributed by atoms with Gasteiger partial charge in [0.2, 0.25) is 5.91 Å². The van der Waals surface area contributed by atoms with Gasteiger partial charge in [-0.2, -0.15) is 5.10 Å². The van der Waals surface area contributed by atoms with E-state index in [1.54, 1.807) is 35.4 Å². The van der Waals surface area contributed by atoms with E-state index in [0.717, 1.165) is 25.0 Å². The average molecular weight is 314 g/mol. The molecule has 1 atom stereocenters. The predicted octanol–water partition coefficient (Wildman–Crippen LogP) is 1.87. The summed E-state index contributed by atoms with van der Waals surface area (Å²) in [6.45, 7) is 0.664. The minimum Gasteiger partial charge on any atom is -0.465 e. The molecule has 1 saturated heterocycles. The summed E-state index contributed by atoms with van der Waals surface area (Å²) >= 11 is 0. The summed E-state index contributed by atoms with van der Waals surface area (Å²) in [6.07, 6.45) is 7.50. The fourth-order valence-corrected chi connectivity index (χ4v) is 2.79. The zero-order valence-electron chi connectivity index (χ0n) is 12.6. The standard InChI is InChI=1S/C16H18N4O3/c17-16(22)13-10-12(18-19-13)14-5-1-2-8-20(14)15(21)7-6-11-4-3-9-23-11/h3-4,6-7,9-10,14H,1-2,5,8H2,(H2,17,22)(H,18,19)/b7-6+/t14-/m1/s1. The van der Waals surface area contributed by atoms with Gasteiger partial charge < -0.3 is 15.1 Å². The van der Waals surface area contributed by atoms with Crippen LogP contribution in [0.15, 0.2) is 35.0 Å². The molecule has 3 rings (SSSR count). The number of primary amides is 1. The normalized spacial score (nSPS) is 18.4. The first-order valence-electron chi connectivity index (χ1n) is 7.52. The number of furan rings is 1. The van der Waals surface area contributed by atoms with E-state index in [9.17, 15) is 9.59 Å². The van der Waals surface area contributed by atoms with Crippen LogP contribution in [0, 0.1) is 0 Å². The van der Waals surface area contributed by atoms with Crippen molar-refractivity contribution >= 4 is 17.9 Å².